The molecule has 0 aromatic carbocycles. The SMILES string of the molecule is CCN1Cc2nn(C)cc2-c2cc3c(nn2)CC=C3c2cn(nc2C)CCCC1=O. The predicted molar refractivity (Wildman–Crippen MR) is 112 cm³/mol. The van der Waals surface area contributed by atoms with E-state index >= 15 is 0 Å². The highest BCUT2D eigenvalue weighted by molar-refractivity contribution is 5.86. The Hall–Kier alpha value is -3.29. The summed E-state index contributed by atoms with van der Waals surface area (Å²) in [6.07, 6.45) is 8.29. The molecule has 1 amide bonds. The van der Waals surface area contributed by atoms with E-state index in [1.807, 2.05) is 36.7 Å². The van der Waals surface area contributed by atoms with Crippen LogP contribution in [-0.2, 0) is 31.4 Å². The number of amides is 1. The summed E-state index contributed by atoms with van der Waals surface area (Å²) < 4.78 is 3.74. The summed E-state index contributed by atoms with van der Waals surface area (Å²) in [5, 5.41) is 18.3. The van der Waals surface area contributed by atoms with Gasteiger partial charge in [0.05, 0.1) is 29.3 Å². The standard InChI is InChI=1S/C22H25N7O/c1-4-28-13-21-18(11-27(3)26-21)20-10-16-15(7-8-19(16)23-24-20)17-12-29(25-14(17)2)9-5-6-22(28)30/h7,10-12H,4-6,8-9,13H2,1-3H3. The molecular formula is C22H25N7O. The first kappa shape index (κ1) is 18.7. The Kier molecular flexibility index (Phi) is 4.49. The molecule has 1 aliphatic heterocycles. The van der Waals surface area contributed by atoms with Gasteiger partial charge in [0.25, 0.3) is 0 Å². The normalized spacial score (nSPS) is 16.2. The molecule has 0 saturated heterocycles. The van der Waals surface area contributed by atoms with E-state index < -0.39 is 0 Å². The van der Waals surface area contributed by atoms with E-state index in [4.69, 9.17) is 0 Å². The summed E-state index contributed by atoms with van der Waals surface area (Å²) in [6.45, 7) is 5.87. The molecule has 0 unspecified atom stereocenters. The van der Waals surface area contributed by atoms with Crippen molar-refractivity contribution in [3.63, 3.8) is 0 Å². The van der Waals surface area contributed by atoms with Crippen LogP contribution in [0.25, 0.3) is 16.8 Å². The summed E-state index contributed by atoms with van der Waals surface area (Å²) in [6, 6.07) is 2.11. The van der Waals surface area contributed by atoms with Crippen LogP contribution in [0.4, 0.5) is 0 Å². The molecule has 1 aliphatic carbocycles. The zero-order valence-corrected chi connectivity index (χ0v) is 17.6. The average molecular weight is 403 g/mol. The third kappa shape index (κ3) is 3.12. The average Bonchev–Trinajstić information content (AvgIpc) is 3.41. The van der Waals surface area contributed by atoms with Crippen molar-refractivity contribution in [2.45, 2.75) is 46.2 Å². The van der Waals surface area contributed by atoms with Crippen LogP contribution in [-0.4, -0.2) is 47.1 Å². The lowest BCUT2D eigenvalue weighted by Gasteiger charge is -2.20. The van der Waals surface area contributed by atoms with E-state index in [9.17, 15) is 4.79 Å². The lowest BCUT2D eigenvalue weighted by molar-refractivity contribution is -0.131. The number of allylic oxidation sites excluding steroid dienone is 1. The second kappa shape index (κ2) is 7.19. The highest BCUT2D eigenvalue weighted by atomic mass is 16.2. The van der Waals surface area contributed by atoms with Crippen LogP contribution in [0.1, 0.15) is 48.0 Å². The number of hydrogen-bond donors (Lipinski definition) is 0. The smallest absolute Gasteiger partial charge is 0.222 e. The molecule has 3 aromatic heterocycles. The van der Waals surface area contributed by atoms with E-state index in [-0.39, 0.29) is 5.91 Å². The number of rotatable bonds is 1. The summed E-state index contributed by atoms with van der Waals surface area (Å²) in [5.41, 5.74) is 7.93. The summed E-state index contributed by atoms with van der Waals surface area (Å²) in [5.74, 6) is 0.136. The lowest BCUT2D eigenvalue weighted by atomic mass is 10.0. The predicted octanol–water partition coefficient (Wildman–Crippen LogP) is 2.51. The fourth-order valence-electron chi connectivity index (χ4n) is 4.37. The second-order valence-corrected chi connectivity index (χ2v) is 7.98. The quantitative estimate of drug-likeness (QED) is 0.624. The summed E-state index contributed by atoms with van der Waals surface area (Å²) >= 11 is 0. The molecule has 5 rings (SSSR count). The Morgan fingerprint density at radius 2 is 1.93 bits per heavy atom. The number of aryl methyl sites for hydroxylation is 3. The number of aromatic nitrogens is 6. The van der Waals surface area contributed by atoms with Gasteiger partial charge in [-0.1, -0.05) is 6.08 Å². The maximum atomic E-state index is 12.8. The Balaban J connectivity index is 1.67. The number of hydrogen-bond acceptors (Lipinski definition) is 5. The first-order valence-corrected chi connectivity index (χ1v) is 10.5. The number of carbonyl (C=O) groups excluding carboxylic acids is 1. The van der Waals surface area contributed by atoms with Gasteiger partial charge in [0.2, 0.25) is 5.91 Å². The van der Waals surface area contributed by atoms with Gasteiger partial charge in [-0.05, 0) is 31.9 Å². The van der Waals surface area contributed by atoms with E-state index in [1.165, 1.54) is 0 Å². The number of carbonyl (C=O) groups is 1. The van der Waals surface area contributed by atoms with Crippen LogP contribution in [0, 0.1) is 6.92 Å². The zero-order chi connectivity index (χ0) is 20.8. The Labute approximate surface area is 175 Å². The van der Waals surface area contributed by atoms with Gasteiger partial charge in [0.15, 0.2) is 0 Å². The maximum Gasteiger partial charge on any atom is 0.222 e. The minimum absolute atomic E-state index is 0.136. The second-order valence-electron chi connectivity index (χ2n) is 7.98. The minimum Gasteiger partial charge on any atom is -0.337 e. The van der Waals surface area contributed by atoms with Gasteiger partial charge >= 0.3 is 0 Å². The van der Waals surface area contributed by atoms with Crippen molar-refractivity contribution in [2.24, 2.45) is 7.05 Å². The zero-order valence-electron chi connectivity index (χ0n) is 17.6. The topological polar surface area (TPSA) is 81.7 Å². The molecule has 4 heterocycles. The highest BCUT2D eigenvalue weighted by Gasteiger charge is 2.24. The third-order valence-electron chi connectivity index (χ3n) is 5.93. The molecule has 0 radical (unpaired) electrons. The van der Waals surface area contributed by atoms with Crippen molar-refractivity contribution in [1.82, 2.24) is 34.7 Å². The Bertz CT molecular complexity index is 1170. The van der Waals surface area contributed by atoms with Crippen LogP contribution in [0.15, 0.2) is 24.5 Å². The van der Waals surface area contributed by atoms with Crippen molar-refractivity contribution in [1.29, 1.82) is 0 Å². The van der Waals surface area contributed by atoms with Gasteiger partial charge in [-0.2, -0.15) is 20.4 Å². The van der Waals surface area contributed by atoms with Crippen LogP contribution < -0.4 is 0 Å². The molecule has 0 saturated carbocycles. The molecule has 2 aliphatic rings. The van der Waals surface area contributed by atoms with E-state index in [1.54, 1.807) is 4.68 Å². The fraction of sp³-hybridized carbons (Fsp3) is 0.409. The molecule has 0 N–H and O–H groups in total. The van der Waals surface area contributed by atoms with Crippen molar-refractivity contribution < 1.29 is 4.79 Å². The first-order chi connectivity index (χ1) is 14.5. The molecule has 30 heavy (non-hydrogen) atoms. The molecule has 154 valence electrons. The van der Waals surface area contributed by atoms with Gasteiger partial charge in [-0.15, -0.1) is 0 Å². The van der Waals surface area contributed by atoms with Gasteiger partial charge < -0.3 is 4.90 Å². The monoisotopic (exact) mass is 403 g/mol. The maximum absolute atomic E-state index is 12.8. The van der Waals surface area contributed by atoms with Crippen LogP contribution in [0.2, 0.25) is 0 Å². The van der Waals surface area contributed by atoms with Crippen LogP contribution >= 0.6 is 0 Å². The van der Waals surface area contributed by atoms with E-state index in [0.717, 1.165) is 64.4 Å². The summed E-state index contributed by atoms with van der Waals surface area (Å²) in [7, 11) is 1.90. The molecule has 0 spiro atoms. The highest BCUT2D eigenvalue weighted by Crippen LogP contribution is 2.35. The molecule has 0 atom stereocenters. The third-order valence-corrected chi connectivity index (χ3v) is 5.93. The van der Waals surface area contributed by atoms with Gasteiger partial charge in [0, 0.05) is 62.1 Å². The molecule has 3 aromatic rings. The number of fused-ring (bicyclic) bond motifs is 6. The first-order valence-electron chi connectivity index (χ1n) is 10.5. The largest absolute Gasteiger partial charge is 0.337 e. The Morgan fingerprint density at radius 1 is 1.07 bits per heavy atom. The van der Waals surface area contributed by atoms with Crippen LogP contribution in [0.5, 0.6) is 0 Å². The fourth-order valence-corrected chi connectivity index (χ4v) is 4.37. The summed E-state index contributed by atoms with van der Waals surface area (Å²) in [4.78, 5) is 14.7. The molecule has 8 heteroatoms. The molecular weight excluding hydrogens is 378 g/mol. The van der Waals surface area contributed by atoms with Gasteiger partial charge in [0.1, 0.15) is 0 Å². The molecule has 4 bridgehead atoms. The van der Waals surface area contributed by atoms with E-state index in [2.05, 4.69) is 38.7 Å². The van der Waals surface area contributed by atoms with Gasteiger partial charge in [-0.3, -0.25) is 14.2 Å². The van der Waals surface area contributed by atoms with Crippen LogP contribution in [0.3, 0.4) is 0 Å². The Morgan fingerprint density at radius 3 is 2.77 bits per heavy atom. The van der Waals surface area contributed by atoms with Crippen molar-refractivity contribution >= 4 is 11.5 Å². The lowest BCUT2D eigenvalue weighted by Crippen LogP contribution is -2.30. The molecule has 0 fully saturated rings. The van der Waals surface area contributed by atoms with E-state index in [0.29, 0.717) is 19.5 Å². The molecule has 8 nitrogen and oxygen atoms in total. The minimum atomic E-state index is 0.136. The van der Waals surface area contributed by atoms with Gasteiger partial charge in [-0.25, -0.2) is 0 Å². The van der Waals surface area contributed by atoms with Crippen molar-refractivity contribution in [2.75, 3.05) is 6.54 Å². The van der Waals surface area contributed by atoms with Crippen molar-refractivity contribution in [3.8, 4) is 11.3 Å². The number of nitrogens with zero attached hydrogens (tertiary/aromatic N) is 7. The van der Waals surface area contributed by atoms with Crippen molar-refractivity contribution in [3.05, 3.63) is 52.7 Å².